The average molecular weight is 104 g/mol. The molecule has 1 aliphatic carbocycles. The molecule has 0 aliphatic heterocycles. The number of hydrogen-bond acceptors (Lipinski definition) is 3. The van der Waals surface area contributed by atoms with Gasteiger partial charge in [0.15, 0.2) is 5.79 Å². The molecule has 0 heterocycles. The van der Waals surface area contributed by atoms with Gasteiger partial charge in [-0.05, 0) is 6.42 Å². The maximum Gasteiger partial charge on any atom is 0.189 e. The summed E-state index contributed by atoms with van der Waals surface area (Å²) in [5.41, 5.74) is 0. The topological polar surface area (TPSA) is 60.7 Å². The van der Waals surface area contributed by atoms with E-state index in [9.17, 15) is 0 Å². The van der Waals surface area contributed by atoms with Crippen molar-refractivity contribution in [1.29, 1.82) is 0 Å². The second kappa shape index (κ2) is 1.18. The Bertz CT molecular complexity index is 79.0. The molecule has 1 unspecified atom stereocenters. The van der Waals surface area contributed by atoms with Crippen molar-refractivity contribution in [3.05, 3.63) is 0 Å². The van der Waals surface area contributed by atoms with E-state index in [4.69, 9.17) is 15.3 Å². The van der Waals surface area contributed by atoms with Gasteiger partial charge in [-0.25, -0.2) is 0 Å². The van der Waals surface area contributed by atoms with Gasteiger partial charge in [0.2, 0.25) is 0 Å². The summed E-state index contributed by atoms with van der Waals surface area (Å²) in [5.74, 6) is -1.76. The van der Waals surface area contributed by atoms with Crippen molar-refractivity contribution in [2.75, 3.05) is 0 Å². The van der Waals surface area contributed by atoms with Gasteiger partial charge >= 0.3 is 0 Å². The van der Waals surface area contributed by atoms with Gasteiger partial charge in [-0.3, -0.25) is 0 Å². The summed E-state index contributed by atoms with van der Waals surface area (Å²) in [7, 11) is 0. The fourth-order valence-electron chi connectivity index (χ4n) is 0.532. The van der Waals surface area contributed by atoms with Gasteiger partial charge in [-0.15, -0.1) is 0 Å². The van der Waals surface area contributed by atoms with Crippen molar-refractivity contribution >= 4 is 0 Å². The number of rotatable bonds is 0. The Morgan fingerprint density at radius 3 is 1.86 bits per heavy atom. The van der Waals surface area contributed by atoms with E-state index in [0.717, 1.165) is 0 Å². The van der Waals surface area contributed by atoms with Crippen LogP contribution in [0.3, 0.4) is 0 Å². The summed E-state index contributed by atoms with van der Waals surface area (Å²) < 4.78 is 0. The van der Waals surface area contributed by atoms with Crippen LogP contribution in [0.4, 0.5) is 0 Å². The van der Waals surface area contributed by atoms with E-state index in [1.54, 1.807) is 0 Å². The van der Waals surface area contributed by atoms with E-state index in [1.807, 2.05) is 0 Å². The Hall–Kier alpha value is -0.120. The highest BCUT2D eigenvalue weighted by molar-refractivity contribution is 4.85. The summed E-state index contributed by atoms with van der Waals surface area (Å²) in [6, 6.07) is 0. The summed E-state index contributed by atoms with van der Waals surface area (Å²) in [4.78, 5) is 0. The van der Waals surface area contributed by atoms with Crippen molar-refractivity contribution < 1.29 is 15.3 Å². The summed E-state index contributed by atoms with van der Waals surface area (Å²) in [6.07, 6.45) is -0.103. The third-order valence-electron chi connectivity index (χ3n) is 1.32. The van der Waals surface area contributed by atoms with Crippen LogP contribution in [-0.4, -0.2) is 27.2 Å². The zero-order valence-electron chi connectivity index (χ0n) is 3.83. The zero-order valence-corrected chi connectivity index (χ0v) is 3.83. The number of aliphatic hydroxyl groups is 3. The maximum atomic E-state index is 8.49. The largest absolute Gasteiger partial charge is 0.388 e. The van der Waals surface area contributed by atoms with Gasteiger partial charge in [-0.2, -0.15) is 0 Å². The Balaban J connectivity index is 2.43. The summed E-state index contributed by atoms with van der Waals surface area (Å²) >= 11 is 0. The van der Waals surface area contributed by atoms with Gasteiger partial charge in [-0.1, -0.05) is 0 Å². The lowest BCUT2D eigenvalue weighted by molar-refractivity contribution is -0.277. The molecule has 0 aromatic carbocycles. The first kappa shape index (κ1) is 5.03. The molecule has 1 rings (SSSR count). The Kier molecular flexibility index (Phi) is 0.849. The van der Waals surface area contributed by atoms with E-state index in [2.05, 4.69) is 0 Å². The summed E-state index contributed by atoms with van der Waals surface area (Å²) in [5, 5.41) is 25.5. The Morgan fingerprint density at radius 2 is 1.86 bits per heavy atom. The van der Waals surface area contributed by atoms with E-state index >= 15 is 0 Å². The SMILES string of the molecule is OC1CCC1(O)O. The van der Waals surface area contributed by atoms with Crippen LogP contribution in [0, 0.1) is 0 Å². The third-order valence-corrected chi connectivity index (χ3v) is 1.32. The predicted octanol–water partition coefficient (Wildman–Crippen LogP) is -1.18. The number of hydrogen-bond donors (Lipinski definition) is 3. The van der Waals surface area contributed by atoms with Crippen molar-refractivity contribution in [2.24, 2.45) is 0 Å². The molecule has 1 saturated carbocycles. The molecule has 3 N–H and O–H groups in total. The van der Waals surface area contributed by atoms with Crippen LogP contribution in [0.15, 0.2) is 0 Å². The minimum atomic E-state index is -1.76. The lowest BCUT2D eigenvalue weighted by Crippen LogP contribution is -2.51. The van der Waals surface area contributed by atoms with Gasteiger partial charge in [0.1, 0.15) is 6.10 Å². The standard InChI is InChI=1S/C4H8O3/c5-3-1-2-4(3,6)7/h3,5-7H,1-2H2. The molecule has 1 aliphatic rings. The zero-order chi connectivity index (χ0) is 5.49. The molecule has 0 aromatic rings. The van der Waals surface area contributed by atoms with Crippen LogP contribution in [0.2, 0.25) is 0 Å². The molecule has 1 fully saturated rings. The Morgan fingerprint density at radius 1 is 1.43 bits per heavy atom. The fourth-order valence-corrected chi connectivity index (χ4v) is 0.532. The van der Waals surface area contributed by atoms with E-state index in [1.165, 1.54) is 0 Å². The fraction of sp³-hybridized carbons (Fsp3) is 1.00. The van der Waals surface area contributed by atoms with Crippen LogP contribution in [0.5, 0.6) is 0 Å². The lowest BCUT2D eigenvalue weighted by Gasteiger charge is -2.36. The molecule has 0 radical (unpaired) electrons. The minimum absolute atomic E-state index is 0.300. The molecule has 0 aromatic heterocycles. The molecular weight excluding hydrogens is 96.0 g/mol. The average Bonchev–Trinajstić information content (AvgIpc) is 1.63. The molecule has 0 spiro atoms. The first-order valence-corrected chi connectivity index (χ1v) is 2.26. The quantitative estimate of drug-likeness (QED) is 0.339. The van der Waals surface area contributed by atoms with Crippen molar-refractivity contribution in [3.63, 3.8) is 0 Å². The minimum Gasteiger partial charge on any atom is -0.388 e. The van der Waals surface area contributed by atoms with E-state index in [0.29, 0.717) is 12.8 Å². The smallest absolute Gasteiger partial charge is 0.189 e. The molecule has 7 heavy (non-hydrogen) atoms. The maximum absolute atomic E-state index is 8.49. The summed E-state index contributed by atoms with van der Waals surface area (Å²) in [6.45, 7) is 0. The van der Waals surface area contributed by atoms with Gasteiger partial charge in [0.25, 0.3) is 0 Å². The highest BCUT2D eigenvalue weighted by Gasteiger charge is 2.42. The second-order valence-electron chi connectivity index (χ2n) is 1.93. The van der Waals surface area contributed by atoms with Crippen molar-refractivity contribution in [2.45, 2.75) is 24.7 Å². The monoisotopic (exact) mass is 104 g/mol. The van der Waals surface area contributed by atoms with Gasteiger partial charge < -0.3 is 15.3 Å². The molecular formula is C4H8O3. The first-order valence-electron chi connectivity index (χ1n) is 2.26. The van der Waals surface area contributed by atoms with Crippen LogP contribution in [0.25, 0.3) is 0 Å². The highest BCUT2D eigenvalue weighted by atomic mass is 16.5. The first-order chi connectivity index (χ1) is 3.13. The van der Waals surface area contributed by atoms with E-state index < -0.39 is 11.9 Å². The molecule has 1 atom stereocenters. The normalized spacial score (nSPS) is 37.3. The molecule has 0 amide bonds. The molecule has 3 heteroatoms. The van der Waals surface area contributed by atoms with E-state index in [-0.39, 0.29) is 0 Å². The predicted molar refractivity (Wildman–Crippen MR) is 22.4 cm³/mol. The van der Waals surface area contributed by atoms with Crippen LogP contribution < -0.4 is 0 Å². The molecule has 3 nitrogen and oxygen atoms in total. The Labute approximate surface area is 41.2 Å². The third kappa shape index (κ3) is 0.627. The molecule has 0 bridgehead atoms. The highest BCUT2D eigenvalue weighted by Crippen LogP contribution is 2.28. The molecule has 0 saturated heterocycles. The van der Waals surface area contributed by atoms with Crippen LogP contribution in [-0.2, 0) is 0 Å². The van der Waals surface area contributed by atoms with Crippen LogP contribution in [0.1, 0.15) is 12.8 Å². The van der Waals surface area contributed by atoms with Crippen molar-refractivity contribution in [1.82, 2.24) is 0 Å². The van der Waals surface area contributed by atoms with Crippen molar-refractivity contribution in [3.8, 4) is 0 Å². The second-order valence-corrected chi connectivity index (χ2v) is 1.93. The lowest BCUT2D eigenvalue weighted by atomic mass is 9.88. The molecule has 42 valence electrons. The van der Waals surface area contributed by atoms with Gasteiger partial charge in [0, 0.05) is 6.42 Å². The van der Waals surface area contributed by atoms with Gasteiger partial charge in [0.05, 0.1) is 0 Å². The number of aliphatic hydroxyl groups excluding tert-OH is 1. The van der Waals surface area contributed by atoms with Crippen LogP contribution >= 0.6 is 0 Å².